The third-order valence-electron chi connectivity index (χ3n) is 4.38. The Morgan fingerprint density at radius 1 is 1.28 bits per heavy atom. The van der Waals surface area contributed by atoms with E-state index in [0.29, 0.717) is 6.54 Å². The number of hydrogen-bond donors (Lipinski definition) is 1. The summed E-state index contributed by atoms with van der Waals surface area (Å²) in [5.41, 5.74) is 3.34. The number of hydrogen-bond acceptors (Lipinski definition) is 3. The predicted molar refractivity (Wildman–Crippen MR) is 101 cm³/mol. The summed E-state index contributed by atoms with van der Waals surface area (Å²) in [6, 6.07) is 7.66. The topological polar surface area (TPSA) is 66.5 Å². The van der Waals surface area contributed by atoms with E-state index in [2.05, 4.69) is 11.4 Å². The molecule has 5 nitrogen and oxygen atoms in total. The Kier molecular flexibility index (Phi) is 7.20. The molecule has 1 aliphatic rings. The van der Waals surface area contributed by atoms with E-state index in [9.17, 15) is 13.2 Å². The van der Waals surface area contributed by atoms with E-state index in [1.165, 1.54) is 22.7 Å². The van der Waals surface area contributed by atoms with Crippen LogP contribution in [0.3, 0.4) is 0 Å². The lowest BCUT2D eigenvalue weighted by atomic mass is 9.97. The first-order valence-corrected chi connectivity index (χ1v) is 10.6. The fraction of sp³-hybridized carbons (Fsp3) is 0.526. The molecule has 1 aromatic carbocycles. The van der Waals surface area contributed by atoms with Gasteiger partial charge in [-0.1, -0.05) is 41.5 Å². The monoisotopic (exact) mass is 364 g/mol. The molecule has 25 heavy (non-hydrogen) atoms. The zero-order valence-electron chi connectivity index (χ0n) is 15.1. The van der Waals surface area contributed by atoms with E-state index in [0.717, 1.165) is 36.6 Å². The highest BCUT2D eigenvalue weighted by Gasteiger charge is 2.20. The van der Waals surface area contributed by atoms with E-state index in [1.54, 1.807) is 0 Å². The van der Waals surface area contributed by atoms with Crippen LogP contribution in [0.15, 0.2) is 35.9 Å². The van der Waals surface area contributed by atoms with Crippen molar-refractivity contribution in [2.24, 2.45) is 0 Å². The van der Waals surface area contributed by atoms with Gasteiger partial charge in [-0.3, -0.25) is 4.79 Å². The minimum atomic E-state index is -3.46. The molecule has 1 N–H and O–H groups in total. The number of amides is 1. The summed E-state index contributed by atoms with van der Waals surface area (Å²) >= 11 is 0. The molecule has 6 heteroatoms. The number of benzene rings is 1. The van der Waals surface area contributed by atoms with Crippen molar-refractivity contribution >= 4 is 15.9 Å². The molecule has 2 rings (SSSR count). The Labute approximate surface area is 151 Å². The van der Waals surface area contributed by atoms with Crippen LogP contribution in [0, 0.1) is 6.92 Å². The maximum Gasteiger partial charge on any atom is 0.235 e. The molecule has 0 unspecified atom stereocenters. The van der Waals surface area contributed by atoms with E-state index in [-0.39, 0.29) is 19.0 Å². The number of carbonyl (C=O) groups excluding carboxylic acids is 1. The second kappa shape index (κ2) is 9.15. The highest BCUT2D eigenvalue weighted by molar-refractivity contribution is 7.88. The predicted octanol–water partition coefficient (Wildman–Crippen LogP) is 2.76. The van der Waals surface area contributed by atoms with Crippen LogP contribution in [-0.2, 0) is 21.4 Å². The van der Waals surface area contributed by atoms with Gasteiger partial charge >= 0.3 is 0 Å². The van der Waals surface area contributed by atoms with Gasteiger partial charge in [0.2, 0.25) is 15.9 Å². The molecule has 0 aromatic heterocycles. The van der Waals surface area contributed by atoms with Gasteiger partial charge in [-0.05, 0) is 44.6 Å². The molecule has 0 radical (unpaired) electrons. The number of rotatable bonds is 8. The average molecular weight is 365 g/mol. The first-order valence-electron chi connectivity index (χ1n) is 8.80. The van der Waals surface area contributed by atoms with Crippen LogP contribution in [0.5, 0.6) is 0 Å². The van der Waals surface area contributed by atoms with Crippen molar-refractivity contribution in [2.45, 2.75) is 45.6 Å². The number of nitrogens with zero attached hydrogens (tertiary/aromatic N) is 1. The maximum atomic E-state index is 12.2. The molecule has 1 aliphatic carbocycles. The number of sulfonamides is 1. The standard InChI is InChI=1S/C19H28N2O3S/c1-16-7-6-10-18(13-16)14-21(25(2,23)24)15-19(22)20-12-11-17-8-4-3-5-9-17/h6-8,10,13H,3-5,9,11-12,14-15H2,1-2H3,(H,20,22). The summed E-state index contributed by atoms with van der Waals surface area (Å²) in [6.45, 7) is 2.58. The smallest absolute Gasteiger partial charge is 0.235 e. The van der Waals surface area contributed by atoms with Gasteiger partial charge in [-0.2, -0.15) is 4.31 Å². The van der Waals surface area contributed by atoms with Gasteiger partial charge in [-0.25, -0.2) is 8.42 Å². The van der Waals surface area contributed by atoms with Gasteiger partial charge in [-0.15, -0.1) is 0 Å². The lowest BCUT2D eigenvalue weighted by Gasteiger charge is -2.20. The average Bonchev–Trinajstić information content (AvgIpc) is 2.54. The second-order valence-corrected chi connectivity index (χ2v) is 8.71. The third kappa shape index (κ3) is 7.00. The molecule has 0 aliphatic heterocycles. The Hall–Kier alpha value is -1.66. The molecule has 0 spiro atoms. The molecule has 0 bridgehead atoms. The molecule has 1 amide bonds. The van der Waals surface area contributed by atoms with Gasteiger partial charge in [0.05, 0.1) is 12.8 Å². The van der Waals surface area contributed by atoms with Crippen LogP contribution in [0.2, 0.25) is 0 Å². The van der Waals surface area contributed by atoms with Crippen LogP contribution in [0.25, 0.3) is 0 Å². The summed E-state index contributed by atoms with van der Waals surface area (Å²) < 4.78 is 25.2. The van der Waals surface area contributed by atoms with Crippen LogP contribution in [-0.4, -0.2) is 38.0 Å². The largest absolute Gasteiger partial charge is 0.355 e. The van der Waals surface area contributed by atoms with Crippen LogP contribution < -0.4 is 5.32 Å². The SMILES string of the molecule is Cc1cccc(CN(CC(=O)NCCC2=CCCCC2)S(C)(=O)=O)c1. The molecule has 138 valence electrons. The summed E-state index contributed by atoms with van der Waals surface area (Å²) in [6.07, 6.45) is 8.96. The van der Waals surface area contributed by atoms with Crippen molar-refractivity contribution in [2.75, 3.05) is 19.3 Å². The highest BCUT2D eigenvalue weighted by atomic mass is 32.2. The van der Waals surface area contributed by atoms with Gasteiger partial charge in [0, 0.05) is 13.1 Å². The number of carbonyl (C=O) groups is 1. The lowest BCUT2D eigenvalue weighted by Crippen LogP contribution is -2.40. The van der Waals surface area contributed by atoms with Crippen LogP contribution in [0.1, 0.15) is 43.2 Å². The van der Waals surface area contributed by atoms with Crippen LogP contribution >= 0.6 is 0 Å². The summed E-state index contributed by atoms with van der Waals surface area (Å²) in [7, 11) is -3.46. The molecule has 0 heterocycles. The lowest BCUT2D eigenvalue weighted by molar-refractivity contribution is -0.121. The zero-order valence-corrected chi connectivity index (χ0v) is 15.9. The van der Waals surface area contributed by atoms with E-state index >= 15 is 0 Å². The fourth-order valence-electron chi connectivity index (χ4n) is 3.01. The quantitative estimate of drug-likeness (QED) is 0.721. The zero-order chi connectivity index (χ0) is 18.3. The third-order valence-corrected chi connectivity index (χ3v) is 5.58. The van der Waals surface area contributed by atoms with E-state index in [1.807, 2.05) is 31.2 Å². The molecule has 0 saturated heterocycles. The Bertz CT molecular complexity index is 726. The second-order valence-electron chi connectivity index (χ2n) is 6.73. The van der Waals surface area contributed by atoms with Crippen molar-refractivity contribution in [3.8, 4) is 0 Å². The highest BCUT2D eigenvalue weighted by Crippen LogP contribution is 2.19. The summed E-state index contributed by atoms with van der Waals surface area (Å²) in [4.78, 5) is 12.2. The minimum Gasteiger partial charge on any atom is -0.355 e. The Morgan fingerprint density at radius 3 is 2.72 bits per heavy atom. The first-order chi connectivity index (χ1) is 11.8. The molecule has 0 saturated carbocycles. The van der Waals surface area contributed by atoms with Gasteiger partial charge in [0.15, 0.2) is 0 Å². The first kappa shape index (κ1) is 19.7. The van der Waals surface area contributed by atoms with E-state index in [4.69, 9.17) is 0 Å². The van der Waals surface area contributed by atoms with Gasteiger partial charge in [0.1, 0.15) is 0 Å². The van der Waals surface area contributed by atoms with Crippen molar-refractivity contribution in [1.82, 2.24) is 9.62 Å². The molecule has 1 aromatic rings. The van der Waals surface area contributed by atoms with Crippen molar-refractivity contribution in [1.29, 1.82) is 0 Å². The Morgan fingerprint density at radius 2 is 2.08 bits per heavy atom. The minimum absolute atomic E-state index is 0.147. The molecule has 0 fully saturated rings. The van der Waals surface area contributed by atoms with Gasteiger partial charge < -0.3 is 5.32 Å². The normalized spacial score (nSPS) is 15.1. The fourth-order valence-corrected chi connectivity index (χ4v) is 3.75. The number of allylic oxidation sites excluding steroid dienone is 1. The Balaban J connectivity index is 1.88. The van der Waals surface area contributed by atoms with Crippen molar-refractivity contribution in [3.63, 3.8) is 0 Å². The molecule has 0 atom stereocenters. The van der Waals surface area contributed by atoms with Crippen molar-refractivity contribution < 1.29 is 13.2 Å². The van der Waals surface area contributed by atoms with Gasteiger partial charge in [0.25, 0.3) is 0 Å². The summed E-state index contributed by atoms with van der Waals surface area (Å²) in [5, 5.41) is 2.84. The number of nitrogens with one attached hydrogen (secondary N) is 1. The molecular weight excluding hydrogens is 336 g/mol. The van der Waals surface area contributed by atoms with Crippen molar-refractivity contribution in [3.05, 3.63) is 47.0 Å². The van der Waals surface area contributed by atoms with E-state index < -0.39 is 10.0 Å². The molecular formula is C19H28N2O3S. The summed E-state index contributed by atoms with van der Waals surface area (Å²) in [5.74, 6) is -0.255. The van der Waals surface area contributed by atoms with Crippen LogP contribution in [0.4, 0.5) is 0 Å². The maximum absolute atomic E-state index is 12.2. The number of aryl methyl sites for hydroxylation is 1.